The first kappa shape index (κ1) is 13.3. The normalized spacial score (nSPS) is 19.3. The summed E-state index contributed by atoms with van der Waals surface area (Å²) in [7, 11) is 0. The van der Waals surface area contributed by atoms with Crippen LogP contribution in [0.1, 0.15) is 17.5 Å². The number of benzene rings is 2. The lowest BCUT2D eigenvalue weighted by molar-refractivity contribution is 0.0461. The van der Waals surface area contributed by atoms with Gasteiger partial charge in [0.15, 0.2) is 0 Å². The van der Waals surface area contributed by atoms with Crippen molar-refractivity contribution in [3.8, 4) is 0 Å². The summed E-state index contributed by atoms with van der Waals surface area (Å²) in [5.74, 6) is 0. The molecule has 2 nitrogen and oxygen atoms in total. The van der Waals surface area contributed by atoms with Gasteiger partial charge in [-0.15, -0.1) is 0 Å². The zero-order chi connectivity index (χ0) is 13.6. The largest absolute Gasteiger partial charge is 0.372 e. The van der Waals surface area contributed by atoms with E-state index in [4.69, 9.17) is 4.74 Å². The van der Waals surface area contributed by atoms with Crippen molar-refractivity contribution in [2.45, 2.75) is 25.7 Å². The van der Waals surface area contributed by atoms with Gasteiger partial charge in [-0.2, -0.15) is 0 Å². The molecule has 2 aromatic rings. The Bertz CT molecular complexity index is 511. The summed E-state index contributed by atoms with van der Waals surface area (Å²) in [5, 5.41) is 0. The number of rotatable bonds is 5. The van der Waals surface area contributed by atoms with Gasteiger partial charge in [0.2, 0.25) is 0 Å². The van der Waals surface area contributed by atoms with E-state index in [2.05, 4.69) is 59.5 Å². The van der Waals surface area contributed by atoms with Crippen LogP contribution in [0.5, 0.6) is 0 Å². The van der Waals surface area contributed by atoms with Crippen LogP contribution in [0.25, 0.3) is 0 Å². The third-order valence-electron chi connectivity index (χ3n) is 3.81. The van der Waals surface area contributed by atoms with Gasteiger partial charge in [-0.05, 0) is 17.5 Å². The molecule has 104 valence electrons. The van der Waals surface area contributed by atoms with Crippen LogP contribution in [0.2, 0.25) is 0 Å². The minimum absolute atomic E-state index is 0.374. The minimum atomic E-state index is 0.374. The quantitative estimate of drug-likeness (QED) is 0.822. The fraction of sp³-hybridized carbons (Fsp3) is 0.333. The molecule has 3 rings (SSSR count). The topological polar surface area (TPSA) is 12.5 Å². The minimum Gasteiger partial charge on any atom is -0.372 e. The molecule has 0 amide bonds. The Labute approximate surface area is 121 Å². The highest BCUT2D eigenvalue weighted by molar-refractivity contribution is 5.15. The van der Waals surface area contributed by atoms with Gasteiger partial charge in [-0.25, -0.2) is 0 Å². The second-order valence-corrected chi connectivity index (χ2v) is 5.43. The van der Waals surface area contributed by atoms with E-state index in [1.807, 2.05) is 6.07 Å². The Morgan fingerprint density at radius 1 is 0.900 bits per heavy atom. The number of hydrogen-bond acceptors (Lipinski definition) is 2. The maximum atomic E-state index is 6.02. The van der Waals surface area contributed by atoms with Crippen molar-refractivity contribution in [2.24, 2.45) is 0 Å². The lowest BCUT2D eigenvalue weighted by Gasteiger charge is -2.16. The van der Waals surface area contributed by atoms with Crippen molar-refractivity contribution < 1.29 is 4.74 Å². The maximum absolute atomic E-state index is 6.02. The van der Waals surface area contributed by atoms with Gasteiger partial charge in [0.25, 0.3) is 0 Å². The molecule has 0 radical (unpaired) electrons. The molecule has 0 aromatic heterocycles. The second kappa shape index (κ2) is 6.69. The first-order chi connectivity index (χ1) is 9.90. The van der Waals surface area contributed by atoms with Gasteiger partial charge in [0.1, 0.15) is 0 Å². The highest BCUT2D eigenvalue weighted by Crippen LogP contribution is 2.17. The lowest BCUT2D eigenvalue weighted by Crippen LogP contribution is -2.22. The van der Waals surface area contributed by atoms with E-state index in [1.165, 1.54) is 11.1 Å². The summed E-state index contributed by atoms with van der Waals surface area (Å²) < 4.78 is 6.02. The molecule has 2 aromatic carbocycles. The van der Waals surface area contributed by atoms with E-state index in [0.29, 0.717) is 6.10 Å². The number of ether oxygens (including phenoxy) is 1. The van der Waals surface area contributed by atoms with Crippen LogP contribution < -0.4 is 0 Å². The SMILES string of the molecule is c1ccc(CO[C@H]2CCN(Cc3ccccc3)C2)cc1. The van der Waals surface area contributed by atoms with Crippen LogP contribution in [0, 0.1) is 0 Å². The highest BCUT2D eigenvalue weighted by atomic mass is 16.5. The van der Waals surface area contributed by atoms with Gasteiger partial charge in [-0.1, -0.05) is 60.7 Å². The summed E-state index contributed by atoms with van der Waals surface area (Å²) >= 11 is 0. The third-order valence-corrected chi connectivity index (χ3v) is 3.81. The number of nitrogens with zero attached hydrogens (tertiary/aromatic N) is 1. The summed E-state index contributed by atoms with van der Waals surface area (Å²) in [4.78, 5) is 2.48. The van der Waals surface area contributed by atoms with Gasteiger partial charge in [-0.3, -0.25) is 4.90 Å². The zero-order valence-corrected chi connectivity index (χ0v) is 11.7. The van der Waals surface area contributed by atoms with Gasteiger partial charge >= 0.3 is 0 Å². The first-order valence-electron chi connectivity index (χ1n) is 7.32. The standard InChI is InChI=1S/C18H21NO/c1-3-7-16(8-4-1)13-19-12-11-18(14-19)20-15-17-9-5-2-6-10-17/h1-10,18H,11-15H2/t18-/m0/s1. The number of hydrogen-bond donors (Lipinski definition) is 0. The van der Waals surface area contributed by atoms with Gasteiger partial charge in [0, 0.05) is 19.6 Å². The molecule has 0 N–H and O–H groups in total. The first-order valence-corrected chi connectivity index (χ1v) is 7.32. The zero-order valence-electron chi connectivity index (χ0n) is 11.7. The van der Waals surface area contributed by atoms with Crippen LogP contribution >= 0.6 is 0 Å². The Hall–Kier alpha value is -1.64. The molecule has 2 heteroatoms. The molecule has 20 heavy (non-hydrogen) atoms. The van der Waals surface area contributed by atoms with E-state index < -0.39 is 0 Å². The molecule has 0 spiro atoms. The molecule has 1 heterocycles. The molecule has 0 saturated carbocycles. The maximum Gasteiger partial charge on any atom is 0.0721 e. The second-order valence-electron chi connectivity index (χ2n) is 5.43. The molecule has 1 aliphatic heterocycles. The average molecular weight is 267 g/mol. The number of likely N-dealkylation sites (tertiary alicyclic amines) is 1. The molecule has 1 atom stereocenters. The van der Waals surface area contributed by atoms with E-state index in [1.54, 1.807) is 0 Å². The molecule has 0 bridgehead atoms. The average Bonchev–Trinajstić information content (AvgIpc) is 2.95. The fourth-order valence-electron chi connectivity index (χ4n) is 2.71. The third kappa shape index (κ3) is 3.69. The van der Waals surface area contributed by atoms with E-state index in [-0.39, 0.29) is 0 Å². The summed E-state index contributed by atoms with van der Waals surface area (Å²) in [6.07, 6.45) is 1.51. The predicted octanol–water partition coefficient (Wildman–Crippen LogP) is 3.48. The molecule has 1 fully saturated rings. The monoisotopic (exact) mass is 267 g/mol. The van der Waals surface area contributed by atoms with Crippen LogP contribution in [-0.4, -0.2) is 24.1 Å². The van der Waals surface area contributed by atoms with Crippen LogP contribution in [0.3, 0.4) is 0 Å². The van der Waals surface area contributed by atoms with E-state index in [0.717, 1.165) is 32.7 Å². The van der Waals surface area contributed by atoms with Crippen LogP contribution in [-0.2, 0) is 17.9 Å². The fourth-order valence-corrected chi connectivity index (χ4v) is 2.71. The van der Waals surface area contributed by atoms with E-state index >= 15 is 0 Å². The molecule has 1 saturated heterocycles. The lowest BCUT2D eigenvalue weighted by atomic mass is 10.2. The Kier molecular flexibility index (Phi) is 4.46. The summed E-state index contributed by atoms with van der Waals surface area (Å²) in [6, 6.07) is 21.1. The van der Waals surface area contributed by atoms with Crippen molar-refractivity contribution in [3.05, 3.63) is 71.8 Å². The highest BCUT2D eigenvalue weighted by Gasteiger charge is 2.22. The molecule has 0 aliphatic carbocycles. The molecular weight excluding hydrogens is 246 g/mol. The smallest absolute Gasteiger partial charge is 0.0721 e. The Morgan fingerprint density at radius 3 is 2.25 bits per heavy atom. The molecule has 1 aliphatic rings. The molecule has 0 unspecified atom stereocenters. The van der Waals surface area contributed by atoms with Crippen LogP contribution in [0.4, 0.5) is 0 Å². The van der Waals surface area contributed by atoms with Crippen molar-refractivity contribution >= 4 is 0 Å². The Balaban J connectivity index is 1.45. The summed E-state index contributed by atoms with van der Waals surface area (Å²) in [5.41, 5.74) is 2.64. The van der Waals surface area contributed by atoms with Crippen molar-refractivity contribution in [1.29, 1.82) is 0 Å². The van der Waals surface area contributed by atoms with Gasteiger partial charge < -0.3 is 4.74 Å². The van der Waals surface area contributed by atoms with Crippen LogP contribution in [0.15, 0.2) is 60.7 Å². The van der Waals surface area contributed by atoms with Crippen molar-refractivity contribution in [1.82, 2.24) is 4.90 Å². The Morgan fingerprint density at radius 2 is 1.55 bits per heavy atom. The summed E-state index contributed by atoms with van der Waals surface area (Å²) in [6.45, 7) is 3.94. The predicted molar refractivity (Wildman–Crippen MR) is 81.4 cm³/mol. The van der Waals surface area contributed by atoms with Gasteiger partial charge in [0.05, 0.1) is 12.7 Å². The molecular formula is C18H21NO. The van der Waals surface area contributed by atoms with Crippen molar-refractivity contribution in [3.63, 3.8) is 0 Å². The van der Waals surface area contributed by atoms with E-state index in [9.17, 15) is 0 Å². The van der Waals surface area contributed by atoms with Crippen molar-refractivity contribution in [2.75, 3.05) is 13.1 Å².